The Kier molecular flexibility index (Phi) is 6.43. The third-order valence-electron chi connectivity index (χ3n) is 7.72. The Hall–Kier alpha value is -3.67. The van der Waals surface area contributed by atoms with Crippen molar-refractivity contribution in [1.29, 1.82) is 0 Å². The number of ketones is 1. The highest BCUT2D eigenvalue weighted by Crippen LogP contribution is 2.51. The number of esters is 1. The van der Waals surface area contributed by atoms with Crippen molar-refractivity contribution >= 4 is 23.5 Å². The number of Topliss-reactive ketones (excluding diaryl/α,β-unsaturated/α-hetero) is 1. The SMILES string of the molecule is CC(=O)c1cccc(N[C@H]2[C@@H]3NC(=O)N[C@]3([C@H](C)O)[C@@](C)(O)[C@@]2(O)COC(=O)c2c(C)cccc2O)c1. The van der Waals surface area contributed by atoms with Gasteiger partial charge in [0.25, 0.3) is 0 Å². The van der Waals surface area contributed by atoms with Gasteiger partial charge in [-0.1, -0.05) is 24.3 Å². The summed E-state index contributed by atoms with van der Waals surface area (Å²) in [6.45, 7) is 4.85. The van der Waals surface area contributed by atoms with Crippen molar-refractivity contribution in [2.75, 3.05) is 11.9 Å². The second-order valence-corrected chi connectivity index (χ2v) is 9.92. The van der Waals surface area contributed by atoms with Gasteiger partial charge in [-0.05, 0) is 51.5 Å². The molecule has 7 N–H and O–H groups in total. The summed E-state index contributed by atoms with van der Waals surface area (Å²) in [5.41, 5.74) is -5.20. The Balaban J connectivity index is 1.76. The van der Waals surface area contributed by atoms with Crippen LogP contribution in [0.2, 0.25) is 0 Å². The van der Waals surface area contributed by atoms with Gasteiger partial charge in [-0.3, -0.25) is 4.79 Å². The number of nitrogens with one attached hydrogen (secondary N) is 3. The van der Waals surface area contributed by atoms with Crippen molar-refractivity contribution in [2.24, 2.45) is 0 Å². The molecular formula is C26H31N3O8. The summed E-state index contributed by atoms with van der Waals surface area (Å²) in [7, 11) is 0. The Morgan fingerprint density at radius 1 is 1.19 bits per heavy atom. The number of benzene rings is 2. The molecule has 11 heteroatoms. The van der Waals surface area contributed by atoms with E-state index in [1.165, 1.54) is 26.8 Å². The van der Waals surface area contributed by atoms with Crippen LogP contribution in [0.5, 0.6) is 5.75 Å². The lowest BCUT2D eigenvalue weighted by Gasteiger charge is -2.46. The molecular weight excluding hydrogens is 482 g/mol. The molecule has 2 aliphatic rings. The summed E-state index contributed by atoms with van der Waals surface area (Å²) in [4.78, 5) is 37.2. The monoisotopic (exact) mass is 513 g/mol. The Labute approximate surface area is 213 Å². The molecule has 1 aliphatic carbocycles. The second kappa shape index (κ2) is 9.02. The topological polar surface area (TPSA) is 177 Å². The van der Waals surface area contributed by atoms with Crippen molar-refractivity contribution in [1.82, 2.24) is 10.6 Å². The lowest BCUT2D eigenvalue weighted by atomic mass is 9.74. The van der Waals surface area contributed by atoms with Crippen molar-refractivity contribution in [3.05, 3.63) is 59.2 Å². The molecule has 4 rings (SSSR count). The van der Waals surface area contributed by atoms with Crippen molar-refractivity contribution in [3.63, 3.8) is 0 Å². The van der Waals surface area contributed by atoms with Gasteiger partial charge in [0.05, 0.1) is 18.2 Å². The minimum atomic E-state index is -2.28. The van der Waals surface area contributed by atoms with E-state index in [4.69, 9.17) is 4.74 Å². The number of phenols is 1. The zero-order chi connectivity index (χ0) is 27.3. The van der Waals surface area contributed by atoms with E-state index in [-0.39, 0.29) is 17.1 Å². The Morgan fingerprint density at radius 2 is 1.86 bits per heavy atom. The highest BCUT2D eigenvalue weighted by molar-refractivity contribution is 5.95. The fraction of sp³-hybridized carbons (Fsp3) is 0.423. The fourth-order valence-electron chi connectivity index (χ4n) is 5.64. The molecule has 1 saturated carbocycles. The average molecular weight is 514 g/mol. The van der Waals surface area contributed by atoms with Crippen molar-refractivity contribution in [2.45, 2.75) is 62.6 Å². The van der Waals surface area contributed by atoms with E-state index in [1.54, 1.807) is 43.3 Å². The van der Waals surface area contributed by atoms with Gasteiger partial charge in [-0.15, -0.1) is 0 Å². The van der Waals surface area contributed by atoms with E-state index in [2.05, 4.69) is 16.0 Å². The number of ether oxygens (including phenoxy) is 1. The van der Waals surface area contributed by atoms with E-state index in [9.17, 15) is 34.8 Å². The highest BCUT2D eigenvalue weighted by atomic mass is 16.5. The van der Waals surface area contributed by atoms with Crippen LogP contribution in [0.4, 0.5) is 10.5 Å². The Bertz CT molecular complexity index is 1240. The number of carbonyl (C=O) groups is 3. The summed E-state index contributed by atoms with van der Waals surface area (Å²) >= 11 is 0. The van der Waals surface area contributed by atoms with Crippen molar-refractivity contribution < 1.29 is 39.5 Å². The third kappa shape index (κ3) is 3.90. The van der Waals surface area contributed by atoms with Crippen LogP contribution in [0.15, 0.2) is 42.5 Å². The van der Waals surface area contributed by atoms with Crippen LogP contribution in [0.3, 0.4) is 0 Å². The molecule has 2 aromatic carbocycles. The molecule has 11 nitrogen and oxygen atoms in total. The molecule has 0 radical (unpaired) electrons. The normalized spacial score (nSPS) is 31.2. The molecule has 37 heavy (non-hydrogen) atoms. The summed E-state index contributed by atoms with van der Waals surface area (Å²) < 4.78 is 5.43. The molecule has 1 saturated heterocycles. The van der Waals surface area contributed by atoms with Crippen LogP contribution in [0.1, 0.15) is 47.1 Å². The molecule has 6 atom stereocenters. The molecule has 2 fully saturated rings. The minimum Gasteiger partial charge on any atom is -0.507 e. The molecule has 0 unspecified atom stereocenters. The van der Waals surface area contributed by atoms with Gasteiger partial charge in [0, 0.05) is 11.3 Å². The largest absolute Gasteiger partial charge is 0.507 e. The lowest BCUT2D eigenvalue weighted by molar-refractivity contribution is -0.184. The van der Waals surface area contributed by atoms with Crippen LogP contribution in [0.25, 0.3) is 0 Å². The van der Waals surface area contributed by atoms with E-state index in [0.29, 0.717) is 16.8 Å². The van der Waals surface area contributed by atoms with Gasteiger partial charge in [-0.2, -0.15) is 0 Å². The predicted molar refractivity (Wildman–Crippen MR) is 132 cm³/mol. The maximum Gasteiger partial charge on any atom is 0.342 e. The van der Waals surface area contributed by atoms with Gasteiger partial charge in [0.2, 0.25) is 0 Å². The Morgan fingerprint density at radius 3 is 2.49 bits per heavy atom. The fourth-order valence-corrected chi connectivity index (χ4v) is 5.64. The number of aromatic hydroxyl groups is 1. The van der Waals surface area contributed by atoms with Crippen LogP contribution in [0, 0.1) is 6.92 Å². The number of amides is 2. The number of urea groups is 1. The quantitative estimate of drug-likeness (QED) is 0.209. The third-order valence-corrected chi connectivity index (χ3v) is 7.72. The van der Waals surface area contributed by atoms with E-state index >= 15 is 0 Å². The second-order valence-electron chi connectivity index (χ2n) is 9.92. The molecule has 2 aromatic rings. The van der Waals surface area contributed by atoms with E-state index in [1.807, 2.05) is 0 Å². The number of phenolic OH excluding ortho intramolecular Hbond substituents is 1. The standard InChI is InChI=1S/C26H31N3O8/c1-13-7-5-10-18(32)19(13)22(33)37-12-25(36)20(27-17-9-6-8-16(11-17)14(2)30)21-26(15(3)31,24(25,4)35)29-23(34)28-21/h5-11,15,20-21,27,31-32,35-36H,12H2,1-4H3,(H2,28,29,34)/t15-,20-,21-,24-,25+,26-/m0/s1. The molecule has 0 spiro atoms. The lowest BCUT2D eigenvalue weighted by Crippen LogP contribution is -2.72. The van der Waals surface area contributed by atoms with Crippen LogP contribution in [-0.2, 0) is 4.74 Å². The van der Waals surface area contributed by atoms with Crippen LogP contribution < -0.4 is 16.0 Å². The first kappa shape index (κ1) is 26.4. The maximum atomic E-state index is 12.9. The van der Waals surface area contributed by atoms with Gasteiger partial charge in [-0.25, -0.2) is 9.59 Å². The number of aryl methyl sites for hydroxylation is 1. The number of hydrogen-bond donors (Lipinski definition) is 7. The number of hydrogen-bond acceptors (Lipinski definition) is 9. The number of rotatable bonds is 7. The highest BCUT2D eigenvalue weighted by Gasteiger charge is 2.79. The van der Waals surface area contributed by atoms with Gasteiger partial charge in [0.1, 0.15) is 29.1 Å². The van der Waals surface area contributed by atoms with Crippen LogP contribution >= 0.6 is 0 Å². The predicted octanol–water partition coefficient (Wildman–Crippen LogP) is 0.837. The van der Waals surface area contributed by atoms with Gasteiger partial charge in [0.15, 0.2) is 11.4 Å². The number of fused-ring (bicyclic) bond motifs is 1. The zero-order valence-electron chi connectivity index (χ0n) is 20.9. The zero-order valence-corrected chi connectivity index (χ0v) is 20.9. The van der Waals surface area contributed by atoms with Gasteiger partial charge >= 0.3 is 12.0 Å². The summed E-state index contributed by atoms with van der Waals surface area (Å²) in [5.74, 6) is -1.44. The average Bonchev–Trinajstić information content (AvgIpc) is 3.24. The summed E-state index contributed by atoms with van der Waals surface area (Å²) in [6.07, 6.45) is -1.36. The smallest absolute Gasteiger partial charge is 0.342 e. The molecule has 1 aliphatic heterocycles. The van der Waals surface area contributed by atoms with E-state index < -0.39 is 53.5 Å². The summed E-state index contributed by atoms with van der Waals surface area (Å²) in [6, 6.07) is 7.95. The molecule has 2 amide bonds. The first-order valence-corrected chi connectivity index (χ1v) is 11.8. The molecule has 0 bridgehead atoms. The maximum absolute atomic E-state index is 12.9. The van der Waals surface area contributed by atoms with Crippen molar-refractivity contribution in [3.8, 4) is 5.75 Å². The van der Waals surface area contributed by atoms with E-state index in [0.717, 1.165) is 0 Å². The molecule has 0 aromatic heterocycles. The number of aliphatic hydroxyl groups excluding tert-OH is 1. The molecule has 198 valence electrons. The number of carbonyl (C=O) groups excluding carboxylic acids is 3. The first-order valence-electron chi connectivity index (χ1n) is 11.8. The first-order chi connectivity index (χ1) is 17.3. The summed E-state index contributed by atoms with van der Waals surface area (Å²) in [5, 5.41) is 53.1. The number of aliphatic hydroxyl groups is 3. The number of anilines is 1. The van der Waals surface area contributed by atoms with Crippen LogP contribution in [-0.4, -0.2) is 79.7 Å². The minimum absolute atomic E-state index is 0.0979. The van der Waals surface area contributed by atoms with Gasteiger partial charge < -0.3 is 41.1 Å². The molecule has 1 heterocycles.